The summed E-state index contributed by atoms with van der Waals surface area (Å²) in [5, 5.41) is 3.19. The number of ketones is 1. The van der Waals surface area contributed by atoms with E-state index in [-0.39, 0.29) is 23.3 Å². The molecule has 0 radical (unpaired) electrons. The van der Waals surface area contributed by atoms with Crippen LogP contribution in [-0.4, -0.2) is 48.3 Å². The summed E-state index contributed by atoms with van der Waals surface area (Å²) in [7, 11) is -2.97. The Morgan fingerprint density at radius 2 is 2.00 bits per heavy atom. The van der Waals surface area contributed by atoms with Gasteiger partial charge in [-0.3, -0.25) is 4.79 Å². The van der Waals surface area contributed by atoms with Crippen molar-refractivity contribution >= 4 is 33.1 Å². The third-order valence-electron chi connectivity index (χ3n) is 4.45. The first kappa shape index (κ1) is 18.3. The summed E-state index contributed by atoms with van der Waals surface area (Å²) in [5.74, 6) is 1.51. The minimum absolute atomic E-state index is 0.0194. The van der Waals surface area contributed by atoms with Gasteiger partial charge in [0.05, 0.1) is 11.5 Å². The second-order valence-electron chi connectivity index (χ2n) is 6.34. The fourth-order valence-electron chi connectivity index (χ4n) is 3.08. The van der Waals surface area contributed by atoms with Gasteiger partial charge in [-0.1, -0.05) is 0 Å². The average Bonchev–Trinajstić information content (AvgIpc) is 2.96. The largest absolute Gasteiger partial charge is 0.340 e. The Balaban J connectivity index is 1.77. The molecular weight excluding hydrogens is 352 g/mol. The highest BCUT2D eigenvalue weighted by atomic mass is 32.2. The van der Waals surface area contributed by atoms with Gasteiger partial charge in [0.2, 0.25) is 5.95 Å². The number of sulfone groups is 1. The standard InChI is InChI=1S/C18H22N4O3S/c1-3-22(16-9-11-26(24,25)12-16)18-19-10-8-17(21-18)20-15-6-4-14(5-7-15)13(2)23/h4-8,10,16H,3,9,11-12H2,1-2H3,(H,19,20,21). The molecule has 0 aliphatic carbocycles. The van der Waals surface area contributed by atoms with Crippen LogP contribution in [0.25, 0.3) is 0 Å². The summed E-state index contributed by atoms with van der Waals surface area (Å²) in [6.45, 7) is 4.13. The van der Waals surface area contributed by atoms with E-state index in [4.69, 9.17) is 0 Å². The lowest BCUT2D eigenvalue weighted by molar-refractivity contribution is 0.101. The van der Waals surface area contributed by atoms with Crippen molar-refractivity contribution in [1.82, 2.24) is 9.97 Å². The molecule has 0 amide bonds. The number of hydrogen-bond acceptors (Lipinski definition) is 7. The van der Waals surface area contributed by atoms with Crippen LogP contribution in [0.15, 0.2) is 36.5 Å². The molecule has 1 aliphatic heterocycles. The molecule has 3 rings (SSSR count). The molecule has 0 saturated carbocycles. The fraction of sp³-hybridized carbons (Fsp3) is 0.389. The molecule has 1 atom stereocenters. The van der Waals surface area contributed by atoms with Gasteiger partial charge in [-0.2, -0.15) is 4.98 Å². The van der Waals surface area contributed by atoms with Crippen LogP contribution in [-0.2, 0) is 9.84 Å². The minimum atomic E-state index is -2.97. The number of Topliss-reactive ketones (excluding diaryl/α,β-unsaturated/α-hetero) is 1. The number of hydrogen-bond donors (Lipinski definition) is 1. The number of rotatable bonds is 6. The molecule has 1 unspecified atom stereocenters. The van der Waals surface area contributed by atoms with E-state index in [9.17, 15) is 13.2 Å². The molecule has 138 valence electrons. The molecule has 1 aromatic heterocycles. The zero-order valence-corrected chi connectivity index (χ0v) is 15.7. The maximum absolute atomic E-state index is 11.8. The summed E-state index contributed by atoms with van der Waals surface area (Å²) in [5.41, 5.74) is 1.46. The van der Waals surface area contributed by atoms with E-state index in [1.807, 2.05) is 24.0 Å². The van der Waals surface area contributed by atoms with Gasteiger partial charge in [0.15, 0.2) is 15.6 Å². The van der Waals surface area contributed by atoms with Crippen LogP contribution in [0.3, 0.4) is 0 Å². The SMILES string of the molecule is CCN(c1nccc(Nc2ccc(C(C)=O)cc2)n1)C1CCS(=O)(=O)C1. The predicted octanol–water partition coefficient (Wildman–Crippen LogP) is 2.44. The minimum Gasteiger partial charge on any atom is -0.340 e. The van der Waals surface area contributed by atoms with E-state index >= 15 is 0 Å². The maximum Gasteiger partial charge on any atom is 0.227 e. The summed E-state index contributed by atoms with van der Waals surface area (Å²) in [4.78, 5) is 22.1. The quantitative estimate of drug-likeness (QED) is 0.776. The van der Waals surface area contributed by atoms with Gasteiger partial charge in [0, 0.05) is 30.0 Å². The average molecular weight is 374 g/mol. The zero-order chi connectivity index (χ0) is 18.7. The van der Waals surface area contributed by atoms with Gasteiger partial charge >= 0.3 is 0 Å². The van der Waals surface area contributed by atoms with E-state index in [0.29, 0.717) is 30.3 Å². The Hall–Kier alpha value is -2.48. The van der Waals surface area contributed by atoms with Gasteiger partial charge in [-0.25, -0.2) is 13.4 Å². The van der Waals surface area contributed by atoms with Crippen molar-refractivity contribution in [2.24, 2.45) is 0 Å². The first-order valence-electron chi connectivity index (χ1n) is 8.56. The van der Waals surface area contributed by atoms with Gasteiger partial charge in [0.1, 0.15) is 5.82 Å². The number of aromatic nitrogens is 2. The third-order valence-corrected chi connectivity index (χ3v) is 6.20. The molecule has 26 heavy (non-hydrogen) atoms. The normalized spacial score (nSPS) is 18.5. The predicted molar refractivity (Wildman–Crippen MR) is 102 cm³/mol. The van der Waals surface area contributed by atoms with E-state index in [2.05, 4.69) is 15.3 Å². The molecule has 1 aromatic carbocycles. The lowest BCUT2D eigenvalue weighted by Gasteiger charge is -2.26. The molecule has 2 aromatic rings. The van der Waals surface area contributed by atoms with Crippen LogP contribution >= 0.6 is 0 Å². The Bertz CT molecular complexity index is 897. The van der Waals surface area contributed by atoms with Crippen molar-refractivity contribution in [3.63, 3.8) is 0 Å². The van der Waals surface area contributed by atoms with E-state index < -0.39 is 9.84 Å². The third kappa shape index (κ3) is 4.19. The molecule has 1 N–H and O–H groups in total. The van der Waals surface area contributed by atoms with Crippen LogP contribution in [0.4, 0.5) is 17.5 Å². The number of carbonyl (C=O) groups is 1. The summed E-state index contributed by atoms with van der Waals surface area (Å²) < 4.78 is 23.5. The van der Waals surface area contributed by atoms with Crippen molar-refractivity contribution in [3.05, 3.63) is 42.1 Å². The van der Waals surface area contributed by atoms with Crippen molar-refractivity contribution < 1.29 is 13.2 Å². The second-order valence-corrected chi connectivity index (χ2v) is 8.57. The summed E-state index contributed by atoms with van der Waals surface area (Å²) >= 11 is 0. The molecule has 2 heterocycles. The van der Waals surface area contributed by atoms with E-state index in [1.165, 1.54) is 6.92 Å². The Morgan fingerprint density at radius 3 is 2.58 bits per heavy atom. The Kier molecular flexibility index (Phi) is 5.22. The van der Waals surface area contributed by atoms with Crippen molar-refractivity contribution in [3.8, 4) is 0 Å². The molecule has 1 aliphatic rings. The van der Waals surface area contributed by atoms with Crippen LogP contribution in [0.1, 0.15) is 30.6 Å². The molecule has 1 fully saturated rings. The maximum atomic E-state index is 11.8. The lowest BCUT2D eigenvalue weighted by Crippen LogP contribution is -2.37. The Labute approximate surface area is 153 Å². The van der Waals surface area contributed by atoms with Crippen LogP contribution < -0.4 is 10.2 Å². The van der Waals surface area contributed by atoms with Crippen molar-refractivity contribution in [2.45, 2.75) is 26.3 Å². The van der Waals surface area contributed by atoms with Crippen LogP contribution in [0.5, 0.6) is 0 Å². The number of anilines is 3. The first-order chi connectivity index (χ1) is 12.4. The van der Waals surface area contributed by atoms with Gasteiger partial charge in [-0.05, 0) is 50.6 Å². The molecule has 1 saturated heterocycles. The number of nitrogens with one attached hydrogen (secondary N) is 1. The Morgan fingerprint density at radius 1 is 1.27 bits per heavy atom. The van der Waals surface area contributed by atoms with E-state index in [1.54, 1.807) is 24.4 Å². The highest BCUT2D eigenvalue weighted by molar-refractivity contribution is 7.91. The molecule has 7 nitrogen and oxygen atoms in total. The van der Waals surface area contributed by atoms with Crippen LogP contribution in [0, 0.1) is 0 Å². The van der Waals surface area contributed by atoms with Crippen molar-refractivity contribution in [1.29, 1.82) is 0 Å². The smallest absolute Gasteiger partial charge is 0.227 e. The summed E-state index contributed by atoms with van der Waals surface area (Å²) in [6.07, 6.45) is 2.25. The molecule has 0 bridgehead atoms. The summed E-state index contributed by atoms with van der Waals surface area (Å²) in [6, 6.07) is 8.82. The first-order valence-corrected chi connectivity index (χ1v) is 10.4. The van der Waals surface area contributed by atoms with Crippen LogP contribution in [0.2, 0.25) is 0 Å². The number of carbonyl (C=O) groups excluding carboxylic acids is 1. The van der Waals surface area contributed by atoms with Gasteiger partial charge in [-0.15, -0.1) is 0 Å². The topological polar surface area (TPSA) is 92.3 Å². The molecular formula is C18H22N4O3S. The van der Waals surface area contributed by atoms with Gasteiger partial charge < -0.3 is 10.2 Å². The van der Waals surface area contributed by atoms with Gasteiger partial charge in [0.25, 0.3) is 0 Å². The highest BCUT2D eigenvalue weighted by Gasteiger charge is 2.32. The zero-order valence-electron chi connectivity index (χ0n) is 14.8. The van der Waals surface area contributed by atoms with E-state index in [0.717, 1.165) is 5.69 Å². The number of benzene rings is 1. The fourth-order valence-corrected chi connectivity index (χ4v) is 4.81. The highest BCUT2D eigenvalue weighted by Crippen LogP contribution is 2.23. The molecule has 8 heteroatoms. The number of nitrogens with zero attached hydrogens (tertiary/aromatic N) is 3. The van der Waals surface area contributed by atoms with Crippen molar-refractivity contribution in [2.75, 3.05) is 28.3 Å². The monoisotopic (exact) mass is 374 g/mol. The second kappa shape index (κ2) is 7.41. The lowest BCUT2D eigenvalue weighted by atomic mass is 10.1. The molecule has 0 spiro atoms.